The van der Waals surface area contributed by atoms with Gasteiger partial charge < -0.3 is 4.74 Å². The van der Waals surface area contributed by atoms with E-state index in [4.69, 9.17) is 16.3 Å². The molecule has 18 heavy (non-hydrogen) atoms. The molecule has 1 heterocycles. The van der Waals surface area contributed by atoms with Gasteiger partial charge in [-0.3, -0.25) is 9.89 Å². The van der Waals surface area contributed by atoms with Gasteiger partial charge in [-0.1, -0.05) is 39.7 Å². The molecule has 1 aromatic carbocycles. The fourth-order valence-electron chi connectivity index (χ4n) is 1.62. The minimum atomic E-state index is -0.207. The Hall–Kier alpha value is -1.20. The maximum Gasteiger partial charge on any atom is 0.285 e. The molecule has 0 fully saturated rings. The van der Waals surface area contributed by atoms with E-state index in [0.717, 1.165) is 11.3 Å². The Kier molecular flexibility index (Phi) is 4.14. The number of methoxy groups -OCH3 is 1. The molecule has 0 atom stereocenters. The first-order chi connectivity index (χ1) is 8.65. The van der Waals surface area contributed by atoms with Gasteiger partial charge in [0.15, 0.2) is 0 Å². The third-order valence-electron chi connectivity index (χ3n) is 2.60. The lowest BCUT2D eigenvalue weighted by Crippen LogP contribution is -2.17. The minimum absolute atomic E-state index is 0.207. The Balaban J connectivity index is 2.25. The molecular formula is C12H12BrClN2O2. The summed E-state index contributed by atoms with van der Waals surface area (Å²) in [6.07, 6.45) is 0. The van der Waals surface area contributed by atoms with Crippen LogP contribution in [-0.4, -0.2) is 16.9 Å². The first kappa shape index (κ1) is 13.2. The first-order valence-corrected chi connectivity index (χ1v) is 6.81. The number of rotatable bonds is 4. The smallest absolute Gasteiger partial charge is 0.285 e. The van der Waals surface area contributed by atoms with Crippen LogP contribution in [0.2, 0.25) is 5.02 Å². The van der Waals surface area contributed by atoms with Crippen LogP contribution in [0.5, 0.6) is 5.75 Å². The molecule has 2 aromatic rings. The summed E-state index contributed by atoms with van der Waals surface area (Å²) in [5.74, 6) is 0.789. The van der Waals surface area contributed by atoms with Gasteiger partial charge in [0.1, 0.15) is 10.8 Å². The first-order valence-electron chi connectivity index (χ1n) is 5.31. The summed E-state index contributed by atoms with van der Waals surface area (Å²) >= 11 is 9.19. The van der Waals surface area contributed by atoms with E-state index in [1.54, 1.807) is 7.11 Å². The van der Waals surface area contributed by atoms with Crippen LogP contribution >= 0.6 is 27.5 Å². The molecule has 0 spiro atoms. The minimum Gasteiger partial charge on any atom is -0.497 e. The van der Waals surface area contributed by atoms with Crippen LogP contribution < -0.4 is 10.3 Å². The van der Waals surface area contributed by atoms with Crippen molar-refractivity contribution in [3.63, 3.8) is 0 Å². The highest BCUT2D eigenvalue weighted by molar-refractivity contribution is 9.08. The zero-order valence-electron chi connectivity index (χ0n) is 9.74. The zero-order chi connectivity index (χ0) is 13.1. The van der Waals surface area contributed by atoms with Crippen molar-refractivity contribution in [2.45, 2.75) is 11.9 Å². The van der Waals surface area contributed by atoms with Crippen LogP contribution in [0.1, 0.15) is 11.3 Å². The molecule has 6 heteroatoms. The Morgan fingerprint density at radius 1 is 1.39 bits per heavy atom. The second-order valence-electron chi connectivity index (χ2n) is 3.78. The van der Waals surface area contributed by atoms with Gasteiger partial charge in [0, 0.05) is 5.33 Å². The summed E-state index contributed by atoms with van der Waals surface area (Å²) in [5.41, 5.74) is 1.48. The van der Waals surface area contributed by atoms with E-state index in [2.05, 4.69) is 21.0 Å². The fourth-order valence-corrected chi connectivity index (χ4v) is 2.40. The number of ether oxygens (including phenoxy) is 1. The van der Waals surface area contributed by atoms with Gasteiger partial charge in [0.05, 0.1) is 19.3 Å². The fraction of sp³-hybridized carbons (Fsp3) is 0.250. The molecule has 0 unspecified atom stereocenters. The number of nitrogens with one attached hydrogen (secondary N) is 1. The number of halogens is 2. The highest BCUT2D eigenvalue weighted by Crippen LogP contribution is 2.14. The Morgan fingerprint density at radius 2 is 2.06 bits per heavy atom. The van der Waals surface area contributed by atoms with E-state index >= 15 is 0 Å². The summed E-state index contributed by atoms with van der Waals surface area (Å²) < 4.78 is 6.57. The molecule has 0 amide bonds. The summed E-state index contributed by atoms with van der Waals surface area (Å²) in [5, 5.41) is 3.73. The van der Waals surface area contributed by atoms with Crippen LogP contribution in [0.25, 0.3) is 0 Å². The molecule has 0 aliphatic rings. The van der Waals surface area contributed by atoms with Gasteiger partial charge in [-0.15, -0.1) is 0 Å². The predicted octanol–water partition coefficient (Wildman–Crippen LogP) is 2.78. The third kappa shape index (κ3) is 2.62. The van der Waals surface area contributed by atoms with Crippen LogP contribution in [0.3, 0.4) is 0 Å². The number of nitrogens with zero attached hydrogens (tertiary/aromatic N) is 1. The standard InChI is InChI=1S/C12H12BrClN2O2/c1-18-9-4-2-8(3-5-9)7-16-12(17)11(14)10(6-13)15-16/h2-5,15H,6-7H2,1H3. The number of benzene rings is 1. The van der Waals surface area contributed by atoms with Gasteiger partial charge in [-0.05, 0) is 17.7 Å². The molecule has 2 rings (SSSR count). The molecule has 0 saturated heterocycles. The second kappa shape index (κ2) is 5.63. The van der Waals surface area contributed by atoms with Crippen LogP contribution in [0.15, 0.2) is 29.1 Å². The lowest BCUT2D eigenvalue weighted by atomic mass is 10.2. The molecule has 4 nitrogen and oxygen atoms in total. The molecule has 0 aliphatic carbocycles. The van der Waals surface area contributed by atoms with Crippen molar-refractivity contribution in [3.8, 4) is 5.75 Å². The lowest BCUT2D eigenvalue weighted by molar-refractivity contribution is 0.414. The van der Waals surface area contributed by atoms with Crippen molar-refractivity contribution in [2.75, 3.05) is 7.11 Å². The largest absolute Gasteiger partial charge is 0.497 e. The maximum absolute atomic E-state index is 11.8. The van der Waals surface area contributed by atoms with E-state index in [1.165, 1.54) is 4.68 Å². The summed E-state index contributed by atoms with van der Waals surface area (Å²) in [4.78, 5) is 11.8. The van der Waals surface area contributed by atoms with E-state index < -0.39 is 0 Å². The average Bonchev–Trinajstić information content (AvgIpc) is 2.67. The van der Waals surface area contributed by atoms with Crippen LogP contribution in [0, 0.1) is 0 Å². The monoisotopic (exact) mass is 330 g/mol. The van der Waals surface area contributed by atoms with Gasteiger partial charge in [-0.2, -0.15) is 0 Å². The highest BCUT2D eigenvalue weighted by atomic mass is 79.9. The highest BCUT2D eigenvalue weighted by Gasteiger charge is 2.10. The van der Waals surface area contributed by atoms with E-state index in [-0.39, 0.29) is 10.6 Å². The Morgan fingerprint density at radius 3 is 2.56 bits per heavy atom. The third-order valence-corrected chi connectivity index (χ3v) is 3.55. The van der Waals surface area contributed by atoms with E-state index in [9.17, 15) is 4.79 Å². The average molecular weight is 332 g/mol. The molecule has 0 saturated carbocycles. The molecule has 0 aliphatic heterocycles. The predicted molar refractivity (Wildman–Crippen MR) is 74.8 cm³/mol. The molecular weight excluding hydrogens is 320 g/mol. The number of aromatic amines is 1. The normalized spacial score (nSPS) is 10.6. The quantitative estimate of drug-likeness (QED) is 0.876. The van der Waals surface area contributed by atoms with Crippen molar-refractivity contribution in [2.24, 2.45) is 0 Å². The second-order valence-corrected chi connectivity index (χ2v) is 4.72. The molecule has 1 N–H and O–H groups in total. The number of hydrogen-bond acceptors (Lipinski definition) is 2. The van der Waals surface area contributed by atoms with Crippen molar-refractivity contribution in [1.29, 1.82) is 0 Å². The van der Waals surface area contributed by atoms with Crippen molar-refractivity contribution < 1.29 is 4.74 Å². The summed E-state index contributed by atoms with van der Waals surface area (Å²) in [7, 11) is 1.62. The van der Waals surface area contributed by atoms with Crippen molar-refractivity contribution >= 4 is 27.5 Å². The Labute approximate surface area is 118 Å². The Bertz CT molecular complexity index is 589. The van der Waals surface area contributed by atoms with Gasteiger partial charge >= 0.3 is 0 Å². The van der Waals surface area contributed by atoms with Crippen LogP contribution in [-0.2, 0) is 11.9 Å². The number of H-pyrrole nitrogens is 1. The van der Waals surface area contributed by atoms with Gasteiger partial charge in [-0.25, -0.2) is 4.68 Å². The van der Waals surface area contributed by atoms with Crippen molar-refractivity contribution in [1.82, 2.24) is 9.78 Å². The molecule has 1 aromatic heterocycles. The van der Waals surface area contributed by atoms with Gasteiger partial charge in [0.25, 0.3) is 5.56 Å². The van der Waals surface area contributed by atoms with Crippen LogP contribution in [0.4, 0.5) is 0 Å². The molecule has 0 bridgehead atoms. The van der Waals surface area contributed by atoms with E-state index in [0.29, 0.717) is 17.6 Å². The van der Waals surface area contributed by atoms with Gasteiger partial charge in [0.2, 0.25) is 0 Å². The zero-order valence-corrected chi connectivity index (χ0v) is 12.1. The summed E-state index contributed by atoms with van der Waals surface area (Å²) in [6, 6.07) is 7.54. The summed E-state index contributed by atoms with van der Waals surface area (Å²) in [6.45, 7) is 0.454. The number of alkyl halides is 1. The lowest BCUT2D eigenvalue weighted by Gasteiger charge is -2.04. The maximum atomic E-state index is 11.8. The molecule has 0 radical (unpaired) electrons. The number of aromatic nitrogens is 2. The van der Waals surface area contributed by atoms with Crippen molar-refractivity contribution in [3.05, 3.63) is 50.9 Å². The number of hydrogen-bond donors (Lipinski definition) is 1. The van der Waals surface area contributed by atoms with E-state index in [1.807, 2.05) is 24.3 Å². The topological polar surface area (TPSA) is 47.0 Å². The SMILES string of the molecule is COc1ccc(Cn2[nH]c(CBr)c(Cl)c2=O)cc1. The molecule has 96 valence electrons.